The lowest BCUT2D eigenvalue weighted by molar-refractivity contribution is -0.366. The molecule has 7 amide bonds. The van der Waals surface area contributed by atoms with Crippen molar-refractivity contribution in [1.82, 2.24) is 47.0 Å². The van der Waals surface area contributed by atoms with Gasteiger partial charge in [-0.2, -0.15) is 0 Å². The molecule has 45 heteroatoms. The Labute approximate surface area is 733 Å². The third kappa shape index (κ3) is 40.5. The van der Waals surface area contributed by atoms with Crippen molar-refractivity contribution in [1.29, 1.82) is 0 Å². The van der Waals surface area contributed by atoms with E-state index in [1.807, 2.05) is 0 Å². The highest BCUT2D eigenvalue weighted by Gasteiger charge is 2.53. The summed E-state index contributed by atoms with van der Waals surface area (Å²) in [6, 6.07) is 0. The Morgan fingerprint density at radius 3 is 0.944 bits per heavy atom. The molecule has 728 valence electrons. The number of ketones is 3. The molecule has 0 aromatic rings. The number of rotatable bonds is 64. The first kappa shape index (κ1) is 111. The van der Waals surface area contributed by atoms with E-state index in [-0.39, 0.29) is 160 Å². The van der Waals surface area contributed by atoms with Crippen molar-refractivity contribution in [3.63, 3.8) is 0 Å². The Morgan fingerprint density at radius 1 is 0.278 bits per heavy atom. The average Bonchev–Trinajstić information content (AvgIpc) is 0.785. The molecular formula is C81H143N9O36. The van der Waals surface area contributed by atoms with E-state index in [1.54, 1.807) is 6.92 Å². The third-order valence-electron chi connectivity index (χ3n) is 22.0. The Balaban J connectivity index is 1.02. The first-order valence-electron chi connectivity index (χ1n) is 44.2. The summed E-state index contributed by atoms with van der Waals surface area (Å²) < 4.78 is 55.5. The maximum atomic E-state index is 13.4. The smallest absolute Gasteiger partial charge is 0.234 e. The van der Waals surface area contributed by atoms with Gasteiger partial charge in [0.2, 0.25) is 41.4 Å². The highest BCUT2D eigenvalue weighted by atomic mass is 16.8. The van der Waals surface area contributed by atoms with Crippen molar-refractivity contribution >= 4 is 58.7 Å². The van der Waals surface area contributed by atoms with Crippen LogP contribution < -0.4 is 37.2 Å². The van der Waals surface area contributed by atoms with Crippen LogP contribution in [0.2, 0.25) is 0 Å². The van der Waals surface area contributed by atoms with Crippen LogP contribution >= 0.6 is 0 Å². The summed E-state index contributed by atoms with van der Waals surface area (Å²) in [6.07, 6.45) is -28.0. The Morgan fingerprint density at radius 2 is 0.571 bits per heavy atom. The van der Waals surface area contributed by atoms with Crippen LogP contribution in [0, 0.1) is 0 Å². The van der Waals surface area contributed by atoms with E-state index in [2.05, 4.69) is 37.2 Å². The fraction of sp³-hybridized carbons (Fsp3) is 0.877. The van der Waals surface area contributed by atoms with E-state index >= 15 is 0 Å². The zero-order chi connectivity index (χ0) is 92.8. The van der Waals surface area contributed by atoms with Crippen molar-refractivity contribution < 1.29 is 177 Å². The molecule has 0 bridgehead atoms. The molecule has 45 nitrogen and oxygen atoms in total. The summed E-state index contributed by atoms with van der Waals surface area (Å²) in [5.74, 6) is -3.06. The van der Waals surface area contributed by atoms with Crippen LogP contribution in [0.4, 0.5) is 0 Å². The summed E-state index contributed by atoms with van der Waals surface area (Å²) in [4.78, 5) is 132. The molecule has 5 saturated heterocycles. The highest BCUT2D eigenvalue weighted by Crippen LogP contribution is 2.32. The van der Waals surface area contributed by atoms with Crippen molar-refractivity contribution in [3.05, 3.63) is 0 Å². The number of aliphatic hydroxyl groups excluding tert-OH is 16. The lowest BCUT2D eigenvalue weighted by atomic mass is 9.96. The maximum Gasteiger partial charge on any atom is 0.234 e. The molecule has 5 rings (SSSR count). The van der Waals surface area contributed by atoms with Crippen LogP contribution in [0.25, 0.3) is 0 Å². The second-order valence-electron chi connectivity index (χ2n) is 32.5. The standard InChI is InChI=1S/C81H143N9O36/c1-4-49(93)22-10-5-14-28-82-56(97)38-89(39-57(98)83-30-16-7-12-24-51(95)26-21-36-118-80-75(116)76(126-81-74(115)70(111)65(106)53(45-92)124-81)66(107)54(125-80)46-120-79-73(114)69(110)64(105)52(44-91)123-79)42-60(101)86-32-18-9-19-33-87-61(102)43-90(40-58(99)84-29-15-6-11-23-50(94)25-20-35-117-77-71(112)67(108)62(103)47(2)121-77)41-59(100)85-31-17-8-13-27-55(96)88-34-37-119-78-72(113)68(109)63(104)48(3)122-78/h47-48,52-54,62-81,91-92,103-116H,4-46H2,1-3H3,(H,82,97)(H,83,98)(H,84,99)(H,85,100)(H,86,101)(H,87,102)(H,88,96)/t47-,48-,52+,53+,54+,62+,63+,64+,65+,66+,67+,68+,69-,70-,71-,72-,73-,74-,75-,76-,77+,78+,79-,80-,81+/m0/s1. The van der Waals surface area contributed by atoms with Gasteiger partial charge in [-0.1, -0.05) is 32.6 Å². The molecule has 23 N–H and O–H groups in total. The van der Waals surface area contributed by atoms with Crippen LogP contribution in [0.15, 0.2) is 0 Å². The van der Waals surface area contributed by atoms with Gasteiger partial charge in [-0.15, -0.1) is 0 Å². The molecule has 0 aromatic heterocycles. The second kappa shape index (κ2) is 61.0. The van der Waals surface area contributed by atoms with Gasteiger partial charge in [0.25, 0.3) is 0 Å². The predicted octanol–water partition coefficient (Wildman–Crippen LogP) is -8.35. The SMILES string of the molecule is CCC(=O)CCCCCNC(=O)CN(CC(=O)NCCCCCNC(=O)CN(CC(=O)NCCCCCC(=O)CCCO[C@@H]1O[C@@H](C)[C@@H](O)[C@@H](O)[C@@H]1O)CC(=O)NCCCCCC(=O)NCCO[C@@H]1O[C@@H](C)[C@@H](O)[C@@H](O)[C@@H]1O)CC(=O)NCCCCCC(=O)CCCO[C@H]1O[C@H](CO[C@H]2O[C@H](CO)[C@@H](O)[C@H](O)[C@@H]2O)[C@@H](O)[C@H](O[C@H]2O[C@H](CO)[C@@H](O)[C@H](O)[C@@H]2O)[C@@H]1O. The minimum absolute atomic E-state index is 0.00841. The van der Waals surface area contributed by atoms with Crippen LogP contribution in [0.5, 0.6) is 0 Å². The van der Waals surface area contributed by atoms with Gasteiger partial charge < -0.3 is 166 Å². The summed E-state index contributed by atoms with van der Waals surface area (Å²) in [5, 5.41) is 184. The number of ether oxygens (including phenoxy) is 10. The molecule has 0 saturated carbocycles. The number of amides is 7. The number of nitrogens with zero attached hydrogens (tertiary/aromatic N) is 2. The summed E-state index contributed by atoms with van der Waals surface area (Å²) >= 11 is 0. The van der Waals surface area contributed by atoms with E-state index < -0.39 is 209 Å². The molecule has 5 aliphatic rings. The molecule has 0 spiro atoms. The van der Waals surface area contributed by atoms with E-state index in [0.29, 0.717) is 122 Å². The van der Waals surface area contributed by atoms with Gasteiger partial charge in [-0.3, -0.25) is 57.7 Å². The second-order valence-corrected chi connectivity index (χ2v) is 32.5. The Bertz CT molecular complexity index is 3100. The number of nitrogens with one attached hydrogen (secondary N) is 7. The van der Waals surface area contributed by atoms with Crippen LogP contribution in [0.1, 0.15) is 175 Å². The normalized spacial score (nSPS) is 29.9. The molecule has 5 fully saturated rings. The van der Waals surface area contributed by atoms with Crippen molar-refractivity contribution in [2.75, 3.05) is 125 Å². The fourth-order valence-electron chi connectivity index (χ4n) is 14.3. The quantitative estimate of drug-likeness (QED) is 0.0252. The monoisotopic (exact) mass is 1820 g/mol. The Hall–Kier alpha value is -5.82. The minimum Gasteiger partial charge on any atom is -0.394 e. The molecule has 0 aliphatic carbocycles. The van der Waals surface area contributed by atoms with Gasteiger partial charge in [0.05, 0.1) is 91.1 Å². The van der Waals surface area contributed by atoms with Gasteiger partial charge in [0.1, 0.15) is 127 Å². The van der Waals surface area contributed by atoms with Crippen LogP contribution in [-0.2, 0) is 95.3 Å². The van der Waals surface area contributed by atoms with Crippen molar-refractivity contribution in [2.24, 2.45) is 0 Å². The molecule has 5 aliphatic heterocycles. The number of hydrogen-bond donors (Lipinski definition) is 23. The van der Waals surface area contributed by atoms with Crippen LogP contribution in [-0.4, -0.2) is 428 Å². The molecule has 0 aromatic carbocycles. The van der Waals surface area contributed by atoms with Crippen LogP contribution in [0.3, 0.4) is 0 Å². The first-order chi connectivity index (χ1) is 60.2. The molecular weight excluding hydrogens is 1670 g/mol. The molecule has 0 radical (unpaired) electrons. The molecule has 25 atom stereocenters. The van der Waals surface area contributed by atoms with E-state index in [0.717, 1.165) is 0 Å². The Kier molecular flexibility index (Phi) is 53.6. The zero-order valence-electron chi connectivity index (χ0n) is 72.6. The number of carbonyl (C=O) groups excluding carboxylic acids is 10. The molecule has 5 heterocycles. The number of Topliss-reactive ketones (excluding diaryl/α,β-unsaturated/α-hetero) is 3. The van der Waals surface area contributed by atoms with Crippen molar-refractivity contribution in [2.45, 2.75) is 328 Å². The number of carbonyl (C=O) groups is 10. The summed E-state index contributed by atoms with van der Waals surface area (Å²) in [5.41, 5.74) is 0. The highest BCUT2D eigenvalue weighted by molar-refractivity contribution is 5.85. The van der Waals surface area contributed by atoms with Gasteiger partial charge in [-0.05, 0) is 97.3 Å². The number of aliphatic hydroxyl groups is 16. The average molecular weight is 1820 g/mol. The zero-order valence-corrected chi connectivity index (χ0v) is 72.6. The van der Waals surface area contributed by atoms with E-state index in [1.165, 1.54) is 23.6 Å². The van der Waals surface area contributed by atoms with Gasteiger partial charge in [0, 0.05) is 90.8 Å². The largest absolute Gasteiger partial charge is 0.394 e. The van der Waals surface area contributed by atoms with E-state index in [4.69, 9.17) is 47.4 Å². The predicted molar refractivity (Wildman–Crippen MR) is 437 cm³/mol. The summed E-state index contributed by atoms with van der Waals surface area (Å²) in [7, 11) is 0. The third-order valence-corrected chi connectivity index (χ3v) is 22.0. The lowest BCUT2D eigenvalue weighted by Gasteiger charge is -2.46. The van der Waals surface area contributed by atoms with E-state index in [9.17, 15) is 130 Å². The molecule has 126 heavy (non-hydrogen) atoms. The van der Waals surface area contributed by atoms with Crippen molar-refractivity contribution in [3.8, 4) is 0 Å². The number of unbranched alkanes of at least 4 members (excludes halogenated alkanes) is 10. The molecule has 0 unspecified atom stereocenters. The fourth-order valence-corrected chi connectivity index (χ4v) is 14.3. The topological polar surface area (TPSA) is 677 Å². The summed E-state index contributed by atoms with van der Waals surface area (Å²) in [6.45, 7) is 2.02. The number of hydrogen-bond acceptors (Lipinski definition) is 38. The maximum absolute atomic E-state index is 13.4. The lowest BCUT2D eigenvalue weighted by Crippen LogP contribution is -2.65. The van der Waals surface area contributed by atoms with Gasteiger partial charge in [0.15, 0.2) is 31.5 Å². The first-order valence-corrected chi connectivity index (χ1v) is 44.2. The minimum atomic E-state index is -1.95. The van der Waals surface area contributed by atoms with Gasteiger partial charge in [-0.25, -0.2) is 0 Å². The van der Waals surface area contributed by atoms with Gasteiger partial charge >= 0.3 is 0 Å².